The molecule has 0 saturated heterocycles. The van der Waals surface area contributed by atoms with Crippen molar-refractivity contribution in [3.05, 3.63) is 76.4 Å². The number of carbonyl (C=O) groups excluding carboxylic acids is 1. The summed E-state index contributed by atoms with van der Waals surface area (Å²) in [4.78, 5) is 12.0. The van der Waals surface area contributed by atoms with E-state index in [9.17, 15) is 4.79 Å². The van der Waals surface area contributed by atoms with E-state index >= 15 is 0 Å². The highest BCUT2D eigenvalue weighted by Gasteiger charge is 2.13. The summed E-state index contributed by atoms with van der Waals surface area (Å²) in [5.41, 5.74) is 0.917. The average molecular weight is 361 g/mol. The molecule has 0 aliphatic heterocycles. The Morgan fingerprint density at radius 3 is 2.77 bits per heavy atom. The van der Waals surface area contributed by atoms with Gasteiger partial charge in [0, 0.05) is 16.9 Å². The van der Waals surface area contributed by atoms with E-state index < -0.39 is 5.97 Å². The first-order chi connectivity index (χ1) is 10.7. The van der Waals surface area contributed by atoms with Crippen molar-refractivity contribution in [2.24, 2.45) is 0 Å². The van der Waals surface area contributed by atoms with Crippen LogP contribution < -0.4 is 0 Å². The molecule has 5 nitrogen and oxygen atoms in total. The van der Waals surface area contributed by atoms with Gasteiger partial charge in [-0.25, -0.2) is 4.79 Å². The minimum atomic E-state index is -0.477. The molecule has 0 amide bonds. The molecule has 0 N–H and O–H groups in total. The molecule has 0 bridgehead atoms. The summed E-state index contributed by atoms with van der Waals surface area (Å²) in [7, 11) is 0. The number of hydrogen-bond acceptors (Lipinski definition) is 4. The molecule has 0 unspecified atom stereocenters. The van der Waals surface area contributed by atoms with E-state index in [0.717, 1.165) is 10.0 Å². The van der Waals surface area contributed by atoms with Crippen molar-refractivity contribution >= 4 is 21.9 Å². The third-order valence-corrected chi connectivity index (χ3v) is 3.55. The summed E-state index contributed by atoms with van der Waals surface area (Å²) >= 11 is 3.36. The zero-order valence-electron chi connectivity index (χ0n) is 11.6. The minimum Gasteiger partial charge on any atom is -0.455 e. The van der Waals surface area contributed by atoms with Gasteiger partial charge in [-0.15, -0.1) is 0 Å². The standard InChI is InChI=1S/C16H13BrN2O3/c17-13-4-2-12(3-5-13)11-21-16(20)15-7-6-14(22-15)10-19-9-1-8-18-19/h1-9H,10-11H2. The number of carbonyl (C=O) groups is 1. The Labute approximate surface area is 135 Å². The first-order valence-corrected chi connectivity index (χ1v) is 7.48. The average Bonchev–Trinajstić information content (AvgIpc) is 3.19. The predicted octanol–water partition coefficient (Wildman–Crippen LogP) is 3.64. The van der Waals surface area contributed by atoms with Crippen LogP contribution in [0.1, 0.15) is 21.9 Å². The first-order valence-electron chi connectivity index (χ1n) is 6.68. The number of hydrogen-bond donors (Lipinski definition) is 0. The summed E-state index contributed by atoms with van der Waals surface area (Å²) in [5, 5.41) is 4.09. The normalized spacial score (nSPS) is 10.6. The van der Waals surface area contributed by atoms with Gasteiger partial charge in [-0.3, -0.25) is 4.68 Å². The van der Waals surface area contributed by atoms with Crippen LogP contribution in [0.15, 0.2) is 63.7 Å². The molecule has 0 radical (unpaired) electrons. The van der Waals surface area contributed by atoms with Crippen molar-refractivity contribution in [3.63, 3.8) is 0 Å². The number of aromatic nitrogens is 2. The van der Waals surface area contributed by atoms with Gasteiger partial charge >= 0.3 is 5.97 Å². The highest BCUT2D eigenvalue weighted by molar-refractivity contribution is 9.10. The van der Waals surface area contributed by atoms with Gasteiger partial charge in [0.15, 0.2) is 0 Å². The third kappa shape index (κ3) is 3.65. The van der Waals surface area contributed by atoms with E-state index in [1.54, 1.807) is 23.0 Å². The van der Waals surface area contributed by atoms with Crippen LogP contribution in [0.3, 0.4) is 0 Å². The Balaban J connectivity index is 1.58. The summed E-state index contributed by atoms with van der Waals surface area (Å²) in [6, 6.07) is 12.8. The van der Waals surface area contributed by atoms with Gasteiger partial charge in [-0.1, -0.05) is 28.1 Å². The minimum absolute atomic E-state index is 0.194. The van der Waals surface area contributed by atoms with Crippen LogP contribution in [-0.2, 0) is 17.9 Å². The monoisotopic (exact) mass is 360 g/mol. The van der Waals surface area contributed by atoms with Gasteiger partial charge in [0.05, 0.1) is 6.54 Å². The van der Waals surface area contributed by atoms with E-state index in [2.05, 4.69) is 21.0 Å². The number of furan rings is 1. The molecule has 22 heavy (non-hydrogen) atoms. The van der Waals surface area contributed by atoms with Crippen molar-refractivity contribution in [2.45, 2.75) is 13.2 Å². The number of halogens is 1. The van der Waals surface area contributed by atoms with Crippen molar-refractivity contribution in [2.75, 3.05) is 0 Å². The zero-order chi connectivity index (χ0) is 15.4. The van der Waals surface area contributed by atoms with Crippen molar-refractivity contribution in [3.8, 4) is 0 Å². The van der Waals surface area contributed by atoms with E-state index in [1.807, 2.05) is 36.5 Å². The maximum Gasteiger partial charge on any atom is 0.374 e. The van der Waals surface area contributed by atoms with E-state index in [0.29, 0.717) is 12.3 Å². The maximum atomic E-state index is 12.0. The summed E-state index contributed by atoms with van der Waals surface area (Å²) in [5.74, 6) is 0.369. The Hall–Kier alpha value is -2.34. The Morgan fingerprint density at radius 1 is 1.23 bits per heavy atom. The number of rotatable bonds is 5. The van der Waals surface area contributed by atoms with Crippen molar-refractivity contribution in [1.29, 1.82) is 0 Å². The van der Waals surface area contributed by atoms with E-state index in [-0.39, 0.29) is 12.4 Å². The van der Waals surface area contributed by atoms with Crippen LogP contribution in [0.5, 0.6) is 0 Å². The lowest BCUT2D eigenvalue weighted by Crippen LogP contribution is -2.04. The fourth-order valence-corrected chi connectivity index (χ4v) is 2.19. The SMILES string of the molecule is O=C(OCc1ccc(Br)cc1)c1ccc(Cn2cccn2)o1. The Morgan fingerprint density at radius 2 is 2.05 bits per heavy atom. The highest BCUT2D eigenvalue weighted by Crippen LogP contribution is 2.14. The lowest BCUT2D eigenvalue weighted by atomic mass is 10.2. The smallest absolute Gasteiger partial charge is 0.374 e. The summed E-state index contributed by atoms with van der Waals surface area (Å²) < 4.78 is 13.4. The van der Waals surface area contributed by atoms with Crippen LogP contribution in [0.4, 0.5) is 0 Å². The van der Waals surface area contributed by atoms with Crippen LogP contribution in [-0.4, -0.2) is 15.7 Å². The fraction of sp³-hybridized carbons (Fsp3) is 0.125. The van der Waals surface area contributed by atoms with Crippen molar-refractivity contribution in [1.82, 2.24) is 9.78 Å². The number of benzene rings is 1. The second-order valence-corrected chi connectivity index (χ2v) is 5.59. The molecule has 0 aliphatic carbocycles. The van der Waals surface area contributed by atoms with E-state index in [1.165, 1.54) is 0 Å². The van der Waals surface area contributed by atoms with Crippen LogP contribution in [0, 0.1) is 0 Å². The predicted molar refractivity (Wildman–Crippen MR) is 83.3 cm³/mol. The largest absolute Gasteiger partial charge is 0.455 e. The molecular formula is C16H13BrN2O3. The molecule has 6 heteroatoms. The van der Waals surface area contributed by atoms with E-state index in [4.69, 9.17) is 9.15 Å². The molecule has 0 saturated carbocycles. The third-order valence-electron chi connectivity index (χ3n) is 3.02. The van der Waals surface area contributed by atoms with Gasteiger partial charge in [0.25, 0.3) is 0 Å². The van der Waals surface area contributed by atoms with Gasteiger partial charge in [0.2, 0.25) is 5.76 Å². The quantitative estimate of drug-likeness (QED) is 0.651. The molecule has 1 aromatic carbocycles. The second-order valence-electron chi connectivity index (χ2n) is 4.67. The fourth-order valence-electron chi connectivity index (χ4n) is 1.93. The van der Waals surface area contributed by atoms with Gasteiger partial charge in [-0.2, -0.15) is 5.10 Å². The molecule has 0 fully saturated rings. The summed E-state index contributed by atoms with van der Waals surface area (Å²) in [6.45, 7) is 0.689. The molecule has 0 aliphatic rings. The second kappa shape index (κ2) is 6.62. The van der Waals surface area contributed by atoms with Gasteiger partial charge in [0.1, 0.15) is 12.4 Å². The number of esters is 1. The van der Waals surface area contributed by atoms with Crippen molar-refractivity contribution < 1.29 is 13.9 Å². The number of ether oxygens (including phenoxy) is 1. The molecule has 3 rings (SSSR count). The lowest BCUT2D eigenvalue weighted by Gasteiger charge is -2.03. The molecule has 2 heterocycles. The first kappa shape index (κ1) is 14.6. The van der Waals surface area contributed by atoms with Gasteiger partial charge < -0.3 is 9.15 Å². The molecule has 112 valence electrons. The van der Waals surface area contributed by atoms with Crippen LogP contribution >= 0.6 is 15.9 Å². The van der Waals surface area contributed by atoms with Crippen LogP contribution in [0.25, 0.3) is 0 Å². The Kier molecular flexibility index (Phi) is 4.39. The lowest BCUT2D eigenvalue weighted by molar-refractivity contribution is 0.0434. The number of nitrogens with zero attached hydrogens (tertiary/aromatic N) is 2. The molecule has 2 aromatic heterocycles. The topological polar surface area (TPSA) is 57.3 Å². The molecule has 0 spiro atoms. The van der Waals surface area contributed by atoms with Crippen LogP contribution in [0.2, 0.25) is 0 Å². The Bertz CT molecular complexity index is 748. The highest BCUT2D eigenvalue weighted by atomic mass is 79.9. The maximum absolute atomic E-state index is 12.0. The molecular weight excluding hydrogens is 348 g/mol. The molecule has 0 atom stereocenters. The summed E-state index contributed by atoms with van der Waals surface area (Å²) in [6.07, 6.45) is 3.52. The zero-order valence-corrected chi connectivity index (χ0v) is 13.2. The molecule has 3 aromatic rings. The van der Waals surface area contributed by atoms with Gasteiger partial charge in [-0.05, 0) is 35.9 Å².